The molecule has 0 aliphatic carbocycles. The molecular weight excluding hydrogens is 364 g/mol. The fourth-order valence-corrected chi connectivity index (χ4v) is 3.08. The second-order valence-electron chi connectivity index (χ2n) is 6.02. The van der Waals surface area contributed by atoms with Gasteiger partial charge in [-0.1, -0.05) is 17.7 Å². The fourth-order valence-electron chi connectivity index (χ4n) is 2.71. The summed E-state index contributed by atoms with van der Waals surface area (Å²) >= 11 is 6.36. The Morgan fingerprint density at radius 1 is 0.963 bits per heavy atom. The Bertz CT molecular complexity index is 939. The average Bonchev–Trinajstić information content (AvgIpc) is 2.65. The van der Waals surface area contributed by atoms with Gasteiger partial charge in [0.25, 0.3) is 0 Å². The highest BCUT2D eigenvalue weighted by atomic mass is 35.5. The molecule has 0 radical (unpaired) electrons. The molecule has 2 N–H and O–H groups in total. The number of halogens is 1. The molecule has 0 spiro atoms. The van der Waals surface area contributed by atoms with E-state index in [-0.39, 0.29) is 0 Å². The zero-order valence-electron chi connectivity index (χ0n) is 15.6. The predicted octanol–water partition coefficient (Wildman–Crippen LogP) is 5.25. The number of ether oxygens (including phenoxy) is 2. The number of aromatic nitrogens is 2. The number of hydrogen-bond donors (Lipinski definition) is 2. The quantitative estimate of drug-likeness (QED) is 0.604. The van der Waals surface area contributed by atoms with Crippen molar-refractivity contribution in [2.45, 2.75) is 13.8 Å². The lowest BCUT2D eigenvalue weighted by atomic mass is 10.1. The van der Waals surface area contributed by atoms with Gasteiger partial charge in [0.1, 0.15) is 17.3 Å². The fraction of sp³-hybridized carbons (Fsp3) is 0.200. The van der Waals surface area contributed by atoms with Crippen molar-refractivity contribution in [3.63, 3.8) is 0 Å². The van der Waals surface area contributed by atoms with Crippen LogP contribution in [0.25, 0.3) is 0 Å². The van der Waals surface area contributed by atoms with Gasteiger partial charge >= 0.3 is 0 Å². The summed E-state index contributed by atoms with van der Waals surface area (Å²) in [7, 11) is 3.22. The molecule has 0 unspecified atom stereocenters. The third kappa shape index (κ3) is 4.41. The Morgan fingerprint density at radius 2 is 1.78 bits per heavy atom. The van der Waals surface area contributed by atoms with Crippen molar-refractivity contribution < 1.29 is 9.47 Å². The van der Waals surface area contributed by atoms with Crippen molar-refractivity contribution in [3.05, 3.63) is 58.7 Å². The zero-order valence-corrected chi connectivity index (χ0v) is 16.4. The predicted molar refractivity (Wildman–Crippen MR) is 109 cm³/mol. The van der Waals surface area contributed by atoms with Crippen LogP contribution in [-0.4, -0.2) is 24.2 Å². The summed E-state index contributed by atoms with van der Waals surface area (Å²) in [4.78, 5) is 8.79. The molecule has 0 aliphatic heterocycles. The van der Waals surface area contributed by atoms with Crippen molar-refractivity contribution in [2.75, 3.05) is 24.9 Å². The van der Waals surface area contributed by atoms with Crippen LogP contribution in [-0.2, 0) is 0 Å². The first kappa shape index (κ1) is 18.8. The van der Waals surface area contributed by atoms with Gasteiger partial charge in [-0.25, -0.2) is 4.98 Å². The second kappa shape index (κ2) is 8.14. The molecule has 2 aromatic carbocycles. The number of hydrogen-bond acceptors (Lipinski definition) is 6. The molecule has 0 bridgehead atoms. The molecule has 0 atom stereocenters. The molecule has 0 fully saturated rings. The largest absolute Gasteiger partial charge is 0.497 e. The molecular formula is C20H21ClN4O2. The summed E-state index contributed by atoms with van der Waals surface area (Å²) in [6, 6.07) is 11.3. The normalized spacial score (nSPS) is 10.4. The topological polar surface area (TPSA) is 68.3 Å². The highest BCUT2D eigenvalue weighted by molar-refractivity contribution is 6.33. The smallest absolute Gasteiger partial charge is 0.229 e. The first-order chi connectivity index (χ1) is 13.0. The third-order valence-electron chi connectivity index (χ3n) is 4.00. The Balaban J connectivity index is 1.85. The van der Waals surface area contributed by atoms with Crippen molar-refractivity contribution in [2.24, 2.45) is 0 Å². The standard InChI is InChI=1S/C20H21ClN4O2/c1-12-9-13(2)19(15(21)10-12)25-20-22-8-7-18(24-20)23-16-6-5-14(26-3)11-17(16)27-4/h5-11H,1-4H3,(H2,22,23,24,25). The van der Waals surface area contributed by atoms with E-state index in [1.165, 1.54) is 0 Å². The monoisotopic (exact) mass is 384 g/mol. The molecule has 27 heavy (non-hydrogen) atoms. The van der Waals surface area contributed by atoms with Crippen LogP contribution in [0.2, 0.25) is 5.02 Å². The van der Waals surface area contributed by atoms with E-state index in [1.807, 2.05) is 32.0 Å². The molecule has 3 rings (SSSR count). The van der Waals surface area contributed by atoms with Crippen molar-refractivity contribution in [1.82, 2.24) is 9.97 Å². The maximum Gasteiger partial charge on any atom is 0.229 e. The van der Waals surface area contributed by atoms with E-state index in [9.17, 15) is 0 Å². The summed E-state index contributed by atoms with van der Waals surface area (Å²) in [5.41, 5.74) is 3.69. The van der Waals surface area contributed by atoms with E-state index < -0.39 is 0 Å². The number of nitrogens with zero attached hydrogens (tertiary/aromatic N) is 2. The SMILES string of the molecule is COc1ccc(Nc2ccnc(Nc3c(C)cc(C)cc3Cl)n2)c(OC)c1. The number of benzene rings is 2. The summed E-state index contributed by atoms with van der Waals surface area (Å²) < 4.78 is 10.6. The molecule has 0 aliphatic rings. The van der Waals surface area contributed by atoms with Crippen LogP contribution in [0.4, 0.5) is 23.1 Å². The van der Waals surface area contributed by atoms with Crippen LogP contribution in [0, 0.1) is 13.8 Å². The minimum atomic E-state index is 0.446. The van der Waals surface area contributed by atoms with Crippen LogP contribution in [0.5, 0.6) is 11.5 Å². The first-order valence-corrected chi connectivity index (χ1v) is 8.74. The minimum Gasteiger partial charge on any atom is -0.497 e. The third-order valence-corrected chi connectivity index (χ3v) is 4.29. The van der Waals surface area contributed by atoms with E-state index in [2.05, 4.69) is 26.7 Å². The summed E-state index contributed by atoms with van der Waals surface area (Å²) in [5, 5.41) is 7.06. The Labute approximate surface area is 163 Å². The van der Waals surface area contributed by atoms with E-state index >= 15 is 0 Å². The zero-order chi connectivity index (χ0) is 19.4. The molecule has 3 aromatic rings. The van der Waals surface area contributed by atoms with Crippen LogP contribution < -0.4 is 20.1 Å². The lowest BCUT2D eigenvalue weighted by Gasteiger charge is -2.14. The summed E-state index contributed by atoms with van der Waals surface area (Å²) in [6.45, 7) is 4.00. The maximum atomic E-state index is 6.36. The Kier molecular flexibility index (Phi) is 5.66. The van der Waals surface area contributed by atoms with Crippen LogP contribution in [0.15, 0.2) is 42.6 Å². The van der Waals surface area contributed by atoms with E-state index in [1.54, 1.807) is 32.5 Å². The van der Waals surface area contributed by atoms with Gasteiger partial charge < -0.3 is 20.1 Å². The first-order valence-electron chi connectivity index (χ1n) is 8.36. The van der Waals surface area contributed by atoms with Gasteiger partial charge in [0, 0.05) is 12.3 Å². The molecule has 7 heteroatoms. The van der Waals surface area contributed by atoms with Crippen molar-refractivity contribution in [3.8, 4) is 11.5 Å². The molecule has 0 saturated carbocycles. The Hall–Kier alpha value is -2.99. The molecule has 0 amide bonds. The number of rotatable bonds is 6. The Morgan fingerprint density at radius 3 is 2.48 bits per heavy atom. The average molecular weight is 385 g/mol. The molecule has 0 saturated heterocycles. The second-order valence-corrected chi connectivity index (χ2v) is 6.43. The van der Waals surface area contributed by atoms with E-state index in [0.29, 0.717) is 28.3 Å². The highest BCUT2D eigenvalue weighted by Gasteiger charge is 2.10. The van der Waals surface area contributed by atoms with E-state index in [0.717, 1.165) is 22.5 Å². The van der Waals surface area contributed by atoms with Gasteiger partial charge in [0.2, 0.25) is 5.95 Å². The van der Waals surface area contributed by atoms with Crippen LogP contribution >= 0.6 is 11.6 Å². The number of methoxy groups -OCH3 is 2. The van der Waals surface area contributed by atoms with Gasteiger partial charge in [0.15, 0.2) is 0 Å². The number of nitrogens with one attached hydrogen (secondary N) is 2. The highest BCUT2D eigenvalue weighted by Crippen LogP contribution is 2.32. The van der Waals surface area contributed by atoms with Crippen LogP contribution in [0.3, 0.4) is 0 Å². The molecule has 1 aromatic heterocycles. The van der Waals surface area contributed by atoms with Crippen LogP contribution in [0.1, 0.15) is 11.1 Å². The van der Waals surface area contributed by atoms with Gasteiger partial charge in [-0.3, -0.25) is 0 Å². The minimum absolute atomic E-state index is 0.446. The number of aryl methyl sites for hydroxylation is 2. The lowest BCUT2D eigenvalue weighted by molar-refractivity contribution is 0.395. The lowest BCUT2D eigenvalue weighted by Crippen LogP contribution is -2.03. The van der Waals surface area contributed by atoms with Gasteiger partial charge in [0.05, 0.1) is 30.6 Å². The van der Waals surface area contributed by atoms with Gasteiger partial charge in [-0.05, 0) is 49.2 Å². The summed E-state index contributed by atoms with van der Waals surface area (Å²) in [6.07, 6.45) is 1.67. The molecule has 140 valence electrons. The molecule has 1 heterocycles. The summed E-state index contributed by atoms with van der Waals surface area (Å²) in [5.74, 6) is 2.44. The number of anilines is 4. The van der Waals surface area contributed by atoms with Crippen molar-refractivity contribution >= 4 is 34.7 Å². The molecule has 6 nitrogen and oxygen atoms in total. The van der Waals surface area contributed by atoms with Crippen molar-refractivity contribution in [1.29, 1.82) is 0 Å². The van der Waals surface area contributed by atoms with Gasteiger partial charge in [-0.2, -0.15) is 4.98 Å². The van der Waals surface area contributed by atoms with E-state index in [4.69, 9.17) is 21.1 Å². The maximum absolute atomic E-state index is 6.36. The van der Waals surface area contributed by atoms with Gasteiger partial charge in [-0.15, -0.1) is 0 Å².